The van der Waals surface area contributed by atoms with Crippen LogP contribution in [0.25, 0.3) is 0 Å². The van der Waals surface area contributed by atoms with Gasteiger partial charge in [0.1, 0.15) is 0 Å². The number of nitrogens with zero attached hydrogens (tertiary/aromatic N) is 2. The number of sulfonamides is 1. The zero-order chi connectivity index (χ0) is 25.9. The second-order valence-electron chi connectivity index (χ2n) is 9.71. The Bertz CT molecular complexity index is 1220. The molecule has 0 saturated carbocycles. The summed E-state index contributed by atoms with van der Waals surface area (Å²) in [4.78, 5) is 25.6. The van der Waals surface area contributed by atoms with Gasteiger partial charge in [-0.25, -0.2) is 17.9 Å². The Morgan fingerprint density at radius 2 is 1.97 bits per heavy atom. The fourth-order valence-electron chi connectivity index (χ4n) is 4.86. The first kappa shape index (κ1) is 26.3. The van der Waals surface area contributed by atoms with Crippen LogP contribution in [0.2, 0.25) is 0 Å². The summed E-state index contributed by atoms with van der Waals surface area (Å²) in [6.45, 7) is 6.65. The number of fused-ring (bicyclic) bond motifs is 1. The fourth-order valence-corrected chi connectivity index (χ4v) is 5.59. The Hall–Kier alpha value is -2.76. The number of amides is 1. The minimum atomic E-state index is -3.57. The van der Waals surface area contributed by atoms with Gasteiger partial charge in [0.05, 0.1) is 34.0 Å². The molecule has 1 saturated heterocycles. The lowest BCUT2D eigenvalue weighted by atomic mass is 9.76. The summed E-state index contributed by atoms with van der Waals surface area (Å²) in [7, 11) is -2.24. The summed E-state index contributed by atoms with van der Waals surface area (Å²) in [6, 6.07) is 5.61. The fraction of sp³-hybridized carbons (Fsp3) is 0.560. The van der Waals surface area contributed by atoms with E-state index in [1.165, 1.54) is 31.3 Å². The summed E-state index contributed by atoms with van der Waals surface area (Å²) >= 11 is 0. The van der Waals surface area contributed by atoms with Crippen LogP contribution >= 0.6 is 0 Å². The number of nitrogens with one attached hydrogen (secondary N) is 2. The molecule has 2 N–H and O–H groups in total. The van der Waals surface area contributed by atoms with E-state index < -0.39 is 16.0 Å². The van der Waals surface area contributed by atoms with Crippen LogP contribution in [0.4, 0.5) is 0 Å². The van der Waals surface area contributed by atoms with E-state index >= 15 is 0 Å². The first-order chi connectivity index (χ1) is 17.2. The van der Waals surface area contributed by atoms with Crippen LogP contribution < -0.4 is 10.0 Å². The van der Waals surface area contributed by atoms with Crippen molar-refractivity contribution in [2.45, 2.75) is 51.0 Å². The first-order valence-corrected chi connectivity index (χ1v) is 13.8. The van der Waals surface area contributed by atoms with Gasteiger partial charge in [0.25, 0.3) is 5.91 Å². The van der Waals surface area contributed by atoms with Gasteiger partial charge in [-0.3, -0.25) is 9.48 Å². The molecule has 2 aliphatic rings. The van der Waals surface area contributed by atoms with Crippen molar-refractivity contribution in [3.63, 3.8) is 0 Å². The molecular formula is C25H34N4O6S. The van der Waals surface area contributed by atoms with Gasteiger partial charge < -0.3 is 14.8 Å². The van der Waals surface area contributed by atoms with Crippen LogP contribution in [0.5, 0.6) is 0 Å². The third-order valence-electron chi connectivity index (χ3n) is 7.06. The average Bonchev–Trinajstić information content (AvgIpc) is 3.15. The third-order valence-corrected chi connectivity index (χ3v) is 8.49. The molecule has 1 unspecified atom stereocenters. The Morgan fingerprint density at radius 1 is 1.28 bits per heavy atom. The summed E-state index contributed by atoms with van der Waals surface area (Å²) in [5.41, 5.74) is 2.65. The highest BCUT2D eigenvalue weighted by atomic mass is 32.2. The van der Waals surface area contributed by atoms with Crippen molar-refractivity contribution in [3.05, 3.63) is 46.8 Å². The molecule has 2 aromatic rings. The van der Waals surface area contributed by atoms with Crippen LogP contribution in [-0.2, 0) is 38.9 Å². The minimum Gasteiger partial charge on any atom is -0.462 e. The number of hydrogen-bond donors (Lipinski definition) is 2. The zero-order valence-electron chi connectivity index (χ0n) is 21.0. The van der Waals surface area contributed by atoms with Crippen LogP contribution in [0.15, 0.2) is 29.2 Å². The van der Waals surface area contributed by atoms with Gasteiger partial charge in [0, 0.05) is 32.2 Å². The molecule has 1 aromatic heterocycles. The van der Waals surface area contributed by atoms with Crippen LogP contribution in [-0.4, -0.2) is 63.5 Å². The lowest BCUT2D eigenvalue weighted by Gasteiger charge is -2.36. The highest BCUT2D eigenvalue weighted by Gasteiger charge is 2.39. The Labute approximate surface area is 211 Å². The normalized spacial score (nSPS) is 18.2. The Balaban J connectivity index is 1.45. The summed E-state index contributed by atoms with van der Waals surface area (Å²) in [5, 5.41) is 7.89. The van der Waals surface area contributed by atoms with Crippen molar-refractivity contribution in [2.75, 3.05) is 33.4 Å². The van der Waals surface area contributed by atoms with E-state index in [2.05, 4.69) is 10.0 Å². The molecule has 11 heteroatoms. The van der Waals surface area contributed by atoms with Crippen molar-refractivity contribution in [1.82, 2.24) is 19.8 Å². The van der Waals surface area contributed by atoms with Gasteiger partial charge in [0.2, 0.25) is 10.0 Å². The lowest BCUT2D eigenvalue weighted by Crippen LogP contribution is -2.41. The smallest absolute Gasteiger partial charge is 0.338 e. The standard InChI is InChI=1S/C25H34N4O6S/c1-4-20-22-21(13-25(16-27-23(22)30)9-11-34-12-10-25)29(28-20)14-17(2)15-35-24(31)18-5-7-19(8-6-18)36(32,33)26-3/h5-8,17,26H,4,9-16H2,1-3H3,(H,27,30). The molecule has 10 nitrogen and oxygen atoms in total. The van der Waals surface area contributed by atoms with Gasteiger partial charge in [0.15, 0.2) is 0 Å². The number of ether oxygens (including phenoxy) is 2. The molecule has 3 heterocycles. The molecule has 1 aromatic carbocycles. The largest absolute Gasteiger partial charge is 0.462 e. The number of carbonyl (C=O) groups excluding carboxylic acids is 2. The zero-order valence-corrected chi connectivity index (χ0v) is 21.8. The second-order valence-corrected chi connectivity index (χ2v) is 11.6. The Kier molecular flexibility index (Phi) is 7.82. The van der Waals surface area contributed by atoms with E-state index in [-0.39, 0.29) is 34.3 Å². The second kappa shape index (κ2) is 10.7. The van der Waals surface area contributed by atoms with Crippen LogP contribution in [0, 0.1) is 11.3 Å². The van der Waals surface area contributed by atoms with E-state index in [9.17, 15) is 18.0 Å². The maximum Gasteiger partial charge on any atom is 0.338 e. The van der Waals surface area contributed by atoms with Crippen molar-refractivity contribution in [3.8, 4) is 0 Å². The first-order valence-electron chi connectivity index (χ1n) is 12.3. The molecule has 2 aliphatic heterocycles. The summed E-state index contributed by atoms with van der Waals surface area (Å²) < 4.78 is 39.0. The highest BCUT2D eigenvalue weighted by molar-refractivity contribution is 7.89. The SMILES string of the molecule is CCc1nn(CC(C)COC(=O)c2ccc(S(=O)(=O)NC)cc2)c2c1C(=O)NCC1(CCOCC1)C2. The summed E-state index contributed by atoms with van der Waals surface area (Å²) in [6.07, 6.45) is 3.19. The molecule has 0 radical (unpaired) electrons. The monoisotopic (exact) mass is 518 g/mol. The average molecular weight is 519 g/mol. The quantitative estimate of drug-likeness (QED) is 0.511. The number of hydrogen-bond acceptors (Lipinski definition) is 7. The molecular weight excluding hydrogens is 484 g/mol. The van der Waals surface area contributed by atoms with Crippen molar-refractivity contribution in [2.24, 2.45) is 11.3 Å². The van der Waals surface area contributed by atoms with Gasteiger partial charge in [-0.05, 0) is 62.4 Å². The number of aromatic nitrogens is 2. The molecule has 0 bridgehead atoms. The van der Waals surface area contributed by atoms with Gasteiger partial charge in [-0.15, -0.1) is 0 Å². The van der Waals surface area contributed by atoms with Crippen LogP contribution in [0.1, 0.15) is 58.8 Å². The van der Waals surface area contributed by atoms with E-state index in [0.717, 1.165) is 30.7 Å². The van der Waals surface area contributed by atoms with Gasteiger partial charge in [-0.2, -0.15) is 5.10 Å². The maximum absolute atomic E-state index is 13.0. The highest BCUT2D eigenvalue weighted by Crippen LogP contribution is 2.37. The molecule has 1 atom stereocenters. The molecule has 36 heavy (non-hydrogen) atoms. The molecule has 1 spiro atoms. The van der Waals surface area contributed by atoms with E-state index in [4.69, 9.17) is 14.6 Å². The van der Waals surface area contributed by atoms with E-state index in [0.29, 0.717) is 38.3 Å². The third kappa shape index (κ3) is 5.47. The van der Waals surface area contributed by atoms with Crippen LogP contribution in [0.3, 0.4) is 0 Å². The van der Waals surface area contributed by atoms with E-state index in [1.807, 2.05) is 18.5 Å². The Morgan fingerprint density at radius 3 is 2.61 bits per heavy atom. The van der Waals surface area contributed by atoms with Crippen molar-refractivity contribution >= 4 is 21.9 Å². The maximum atomic E-state index is 13.0. The molecule has 1 amide bonds. The molecule has 196 valence electrons. The number of aryl methyl sites for hydroxylation is 1. The molecule has 4 rings (SSSR count). The minimum absolute atomic E-state index is 0.0371. The predicted octanol–water partition coefficient (Wildman–Crippen LogP) is 1.93. The van der Waals surface area contributed by atoms with E-state index in [1.54, 1.807) is 0 Å². The van der Waals surface area contributed by atoms with Crippen molar-refractivity contribution < 1.29 is 27.5 Å². The van der Waals surface area contributed by atoms with Gasteiger partial charge in [-0.1, -0.05) is 13.8 Å². The lowest BCUT2D eigenvalue weighted by molar-refractivity contribution is 0.0151. The number of carbonyl (C=O) groups is 2. The van der Waals surface area contributed by atoms with Crippen molar-refractivity contribution in [1.29, 1.82) is 0 Å². The predicted molar refractivity (Wildman–Crippen MR) is 132 cm³/mol. The molecule has 0 aliphatic carbocycles. The number of benzene rings is 1. The summed E-state index contributed by atoms with van der Waals surface area (Å²) in [5.74, 6) is -0.646. The topological polar surface area (TPSA) is 129 Å². The number of rotatable bonds is 8. The van der Waals surface area contributed by atoms with Gasteiger partial charge >= 0.3 is 5.97 Å². The number of esters is 1. The molecule has 1 fully saturated rings.